The summed E-state index contributed by atoms with van der Waals surface area (Å²) in [4.78, 5) is 22.5. The van der Waals surface area contributed by atoms with Crippen molar-refractivity contribution in [3.8, 4) is 5.75 Å². The zero-order chi connectivity index (χ0) is 16.8. The molecule has 0 radical (unpaired) electrons. The molecule has 1 N–H and O–H groups in total. The quantitative estimate of drug-likeness (QED) is 0.906. The number of amides is 1. The summed E-state index contributed by atoms with van der Waals surface area (Å²) >= 11 is 0. The van der Waals surface area contributed by atoms with Crippen molar-refractivity contribution in [3.63, 3.8) is 0 Å². The number of aromatic nitrogens is 2. The van der Waals surface area contributed by atoms with Crippen LogP contribution in [0, 0.1) is 0 Å². The first-order chi connectivity index (χ1) is 11.8. The van der Waals surface area contributed by atoms with Crippen LogP contribution in [-0.2, 0) is 4.74 Å². The van der Waals surface area contributed by atoms with Crippen molar-refractivity contribution in [2.45, 2.75) is 6.92 Å². The zero-order valence-electron chi connectivity index (χ0n) is 13.6. The summed E-state index contributed by atoms with van der Waals surface area (Å²) in [6, 6.07) is 9.25. The smallest absolute Gasteiger partial charge is 0.272 e. The highest BCUT2D eigenvalue weighted by atomic mass is 16.5. The highest BCUT2D eigenvalue weighted by molar-refractivity contribution is 5.93. The Kier molecular flexibility index (Phi) is 5.22. The van der Waals surface area contributed by atoms with E-state index in [1.807, 2.05) is 31.2 Å². The molecule has 0 unspecified atom stereocenters. The molecule has 0 bridgehead atoms. The number of nitrogens with zero attached hydrogens (tertiary/aromatic N) is 3. The van der Waals surface area contributed by atoms with Gasteiger partial charge in [0.05, 0.1) is 25.5 Å². The number of carbonyl (C=O) groups is 1. The number of anilines is 2. The number of para-hydroxylation sites is 2. The third-order valence-electron chi connectivity index (χ3n) is 3.63. The maximum absolute atomic E-state index is 12.5. The largest absolute Gasteiger partial charge is 0.492 e. The molecule has 1 aromatic carbocycles. The standard InChI is InChI=1S/C17H20N4O3/c1-2-24-15-6-4-3-5-13(15)20-16-11-14(18-12-19-16)17(22)21-7-9-23-10-8-21/h3-6,11-12H,2,7-10H2,1H3,(H,18,19,20). The van der Waals surface area contributed by atoms with Gasteiger partial charge in [-0.05, 0) is 19.1 Å². The lowest BCUT2D eigenvalue weighted by Gasteiger charge is -2.26. The van der Waals surface area contributed by atoms with E-state index in [1.54, 1.807) is 11.0 Å². The lowest BCUT2D eigenvalue weighted by molar-refractivity contribution is 0.0299. The number of rotatable bonds is 5. The van der Waals surface area contributed by atoms with Crippen LogP contribution in [0.15, 0.2) is 36.7 Å². The Morgan fingerprint density at radius 3 is 2.88 bits per heavy atom. The van der Waals surface area contributed by atoms with E-state index >= 15 is 0 Å². The molecule has 0 atom stereocenters. The highest BCUT2D eigenvalue weighted by Gasteiger charge is 2.20. The van der Waals surface area contributed by atoms with Crippen LogP contribution in [0.2, 0.25) is 0 Å². The van der Waals surface area contributed by atoms with Crippen molar-refractivity contribution in [1.82, 2.24) is 14.9 Å². The normalized spacial score (nSPS) is 14.3. The minimum absolute atomic E-state index is 0.109. The lowest BCUT2D eigenvalue weighted by Crippen LogP contribution is -2.41. The predicted octanol–water partition coefficient (Wildman–Crippen LogP) is 2.09. The molecule has 0 saturated carbocycles. The summed E-state index contributed by atoms with van der Waals surface area (Å²) in [6.45, 7) is 4.79. The van der Waals surface area contributed by atoms with E-state index in [0.717, 1.165) is 11.4 Å². The molecule has 1 amide bonds. The molecule has 1 saturated heterocycles. The molecule has 1 aliphatic rings. The summed E-state index contributed by atoms with van der Waals surface area (Å²) in [5.74, 6) is 1.18. The van der Waals surface area contributed by atoms with Crippen LogP contribution in [0.1, 0.15) is 17.4 Å². The van der Waals surface area contributed by atoms with E-state index in [2.05, 4.69) is 15.3 Å². The molecule has 0 aliphatic carbocycles. The molecule has 24 heavy (non-hydrogen) atoms. The van der Waals surface area contributed by atoms with E-state index in [0.29, 0.717) is 44.4 Å². The van der Waals surface area contributed by atoms with Crippen LogP contribution in [0.5, 0.6) is 5.75 Å². The van der Waals surface area contributed by atoms with E-state index < -0.39 is 0 Å². The summed E-state index contributed by atoms with van der Waals surface area (Å²) in [6.07, 6.45) is 1.39. The maximum atomic E-state index is 12.5. The monoisotopic (exact) mass is 328 g/mol. The Morgan fingerprint density at radius 1 is 1.29 bits per heavy atom. The summed E-state index contributed by atoms with van der Waals surface area (Å²) < 4.78 is 10.9. The van der Waals surface area contributed by atoms with Gasteiger partial charge in [-0.15, -0.1) is 0 Å². The molecule has 1 aliphatic heterocycles. The molecule has 1 aromatic heterocycles. The Balaban J connectivity index is 1.77. The molecular weight excluding hydrogens is 308 g/mol. The molecule has 2 aromatic rings. The first-order valence-electron chi connectivity index (χ1n) is 7.96. The fourth-order valence-electron chi connectivity index (χ4n) is 2.46. The second-order valence-corrected chi connectivity index (χ2v) is 5.25. The van der Waals surface area contributed by atoms with Gasteiger partial charge in [0, 0.05) is 19.2 Å². The van der Waals surface area contributed by atoms with Gasteiger partial charge in [0.1, 0.15) is 23.6 Å². The van der Waals surface area contributed by atoms with Gasteiger partial charge in [0.2, 0.25) is 0 Å². The number of carbonyl (C=O) groups excluding carboxylic acids is 1. The van der Waals surface area contributed by atoms with Gasteiger partial charge >= 0.3 is 0 Å². The molecule has 126 valence electrons. The zero-order valence-corrected chi connectivity index (χ0v) is 13.6. The van der Waals surface area contributed by atoms with E-state index in [1.165, 1.54) is 6.33 Å². The average Bonchev–Trinajstić information content (AvgIpc) is 2.64. The molecule has 7 heteroatoms. The van der Waals surface area contributed by atoms with Gasteiger partial charge in [-0.3, -0.25) is 4.79 Å². The van der Waals surface area contributed by atoms with Crippen molar-refractivity contribution >= 4 is 17.4 Å². The summed E-state index contributed by atoms with van der Waals surface area (Å²) in [5, 5.41) is 3.18. The fraction of sp³-hybridized carbons (Fsp3) is 0.353. The van der Waals surface area contributed by atoms with Crippen molar-refractivity contribution in [1.29, 1.82) is 0 Å². The second kappa shape index (κ2) is 7.74. The summed E-state index contributed by atoms with van der Waals surface area (Å²) in [7, 11) is 0. The molecule has 3 rings (SSSR count). The van der Waals surface area contributed by atoms with Crippen LogP contribution in [-0.4, -0.2) is 53.7 Å². The number of nitrogens with one attached hydrogen (secondary N) is 1. The van der Waals surface area contributed by atoms with Crippen LogP contribution in [0.3, 0.4) is 0 Å². The van der Waals surface area contributed by atoms with Gasteiger partial charge in [-0.25, -0.2) is 9.97 Å². The number of benzene rings is 1. The average molecular weight is 328 g/mol. The number of hydrogen-bond acceptors (Lipinski definition) is 6. The van der Waals surface area contributed by atoms with Gasteiger partial charge in [0.15, 0.2) is 0 Å². The third kappa shape index (κ3) is 3.80. The summed E-state index contributed by atoms with van der Waals surface area (Å²) in [5.41, 5.74) is 1.16. The molecular formula is C17H20N4O3. The fourth-order valence-corrected chi connectivity index (χ4v) is 2.46. The Bertz CT molecular complexity index is 702. The van der Waals surface area contributed by atoms with Crippen LogP contribution in [0.25, 0.3) is 0 Å². The molecule has 0 spiro atoms. The lowest BCUT2D eigenvalue weighted by atomic mass is 10.2. The number of ether oxygens (including phenoxy) is 2. The van der Waals surface area contributed by atoms with Crippen LogP contribution >= 0.6 is 0 Å². The molecule has 1 fully saturated rings. The first-order valence-corrected chi connectivity index (χ1v) is 7.96. The third-order valence-corrected chi connectivity index (χ3v) is 3.63. The maximum Gasteiger partial charge on any atom is 0.272 e. The highest BCUT2D eigenvalue weighted by Crippen LogP contribution is 2.26. The Hall–Kier alpha value is -2.67. The van der Waals surface area contributed by atoms with Crippen molar-refractivity contribution in [2.24, 2.45) is 0 Å². The first kappa shape index (κ1) is 16.2. The van der Waals surface area contributed by atoms with Crippen LogP contribution in [0.4, 0.5) is 11.5 Å². The van der Waals surface area contributed by atoms with Gasteiger partial charge < -0.3 is 19.7 Å². The van der Waals surface area contributed by atoms with Crippen LogP contribution < -0.4 is 10.1 Å². The second-order valence-electron chi connectivity index (χ2n) is 5.25. The van der Waals surface area contributed by atoms with E-state index in [9.17, 15) is 4.79 Å². The number of hydrogen-bond donors (Lipinski definition) is 1. The Labute approximate surface area is 140 Å². The van der Waals surface area contributed by atoms with Gasteiger partial charge in [-0.1, -0.05) is 12.1 Å². The SMILES string of the molecule is CCOc1ccccc1Nc1cc(C(=O)N2CCOCC2)ncn1. The number of morpholine rings is 1. The topological polar surface area (TPSA) is 76.6 Å². The van der Waals surface area contributed by atoms with Crippen molar-refractivity contribution in [3.05, 3.63) is 42.4 Å². The van der Waals surface area contributed by atoms with Crippen molar-refractivity contribution < 1.29 is 14.3 Å². The van der Waals surface area contributed by atoms with Gasteiger partial charge in [0.25, 0.3) is 5.91 Å². The minimum Gasteiger partial charge on any atom is -0.492 e. The van der Waals surface area contributed by atoms with E-state index in [4.69, 9.17) is 9.47 Å². The molecule has 7 nitrogen and oxygen atoms in total. The van der Waals surface area contributed by atoms with Crippen molar-refractivity contribution in [2.75, 3.05) is 38.2 Å². The Morgan fingerprint density at radius 2 is 2.08 bits per heavy atom. The van der Waals surface area contributed by atoms with Gasteiger partial charge in [-0.2, -0.15) is 0 Å². The predicted molar refractivity (Wildman–Crippen MR) is 89.6 cm³/mol. The molecule has 2 heterocycles. The van der Waals surface area contributed by atoms with E-state index in [-0.39, 0.29) is 5.91 Å². The minimum atomic E-state index is -0.109.